The van der Waals surface area contributed by atoms with Crippen molar-refractivity contribution in [1.82, 2.24) is 4.90 Å². The first-order chi connectivity index (χ1) is 9.24. The van der Waals surface area contributed by atoms with Crippen molar-refractivity contribution in [2.24, 2.45) is 11.1 Å². The van der Waals surface area contributed by atoms with Crippen LogP contribution in [0.5, 0.6) is 0 Å². The van der Waals surface area contributed by atoms with E-state index < -0.39 is 11.3 Å². The van der Waals surface area contributed by atoms with Crippen LogP contribution in [0.25, 0.3) is 0 Å². The van der Waals surface area contributed by atoms with Gasteiger partial charge >= 0.3 is 0 Å². The van der Waals surface area contributed by atoms with E-state index in [1.807, 2.05) is 0 Å². The minimum Gasteiger partial charge on any atom is -0.399 e. The molecule has 0 aromatic heterocycles. The van der Waals surface area contributed by atoms with E-state index in [1.165, 1.54) is 12.1 Å². The third-order valence-electron chi connectivity index (χ3n) is 3.64. The van der Waals surface area contributed by atoms with Crippen molar-refractivity contribution < 1.29 is 9.59 Å². The largest absolute Gasteiger partial charge is 0.399 e. The van der Waals surface area contributed by atoms with Crippen LogP contribution < -0.4 is 11.5 Å². The molecular weight excluding hydrogens is 301 g/mol. The van der Waals surface area contributed by atoms with Gasteiger partial charge in [-0.05, 0) is 25.5 Å². The number of nitrogen functional groups attached to an aromatic ring is 1. The SMILES string of the molecule is CC1(C(N)=O)CCN(C(=O)c2cc(N)cc(Cl)c2Cl)C1. The fourth-order valence-corrected chi connectivity index (χ4v) is 2.69. The molecule has 1 aliphatic heterocycles. The van der Waals surface area contributed by atoms with Crippen LogP contribution >= 0.6 is 23.2 Å². The summed E-state index contributed by atoms with van der Waals surface area (Å²) in [6, 6.07) is 2.97. The molecule has 1 unspecified atom stereocenters. The molecule has 0 radical (unpaired) electrons. The Bertz CT molecular complexity index is 591. The van der Waals surface area contributed by atoms with Crippen LogP contribution in [-0.2, 0) is 4.79 Å². The second kappa shape index (κ2) is 5.14. The van der Waals surface area contributed by atoms with Crippen molar-refractivity contribution in [2.45, 2.75) is 13.3 Å². The van der Waals surface area contributed by atoms with Gasteiger partial charge in [0.2, 0.25) is 5.91 Å². The fraction of sp³-hybridized carbons (Fsp3) is 0.385. The van der Waals surface area contributed by atoms with Gasteiger partial charge in [-0.1, -0.05) is 23.2 Å². The molecule has 1 atom stereocenters. The number of benzene rings is 1. The highest BCUT2D eigenvalue weighted by Gasteiger charge is 2.41. The maximum atomic E-state index is 12.5. The molecule has 0 spiro atoms. The van der Waals surface area contributed by atoms with E-state index in [2.05, 4.69) is 0 Å². The number of nitrogens with zero attached hydrogens (tertiary/aromatic N) is 1. The van der Waals surface area contributed by atoms with E-state index >= 15 is 0 Å². The quantitative estimate of drug-likeness (QED) is 0.817. The Labute approximate surface area is 126 Å². The molecule has 0 saturated carbocycles. The Balaban J connectivity index is 2.28. The van der Waals surface area contributed by atoms with E-state index in [4.69, 9.17) is 34.7 Å². The Morgan fingerprint density at radius 3 is 2.55 bits per heavy atom. The maximum absolute atomic E-state index is 12.5. The Morgan fingerprint density at radius 2 is 2.00 bits per heavy atom. The van der Waals surface area contributed by atoms with Crippen molar-refractivity contribution in [3.8, 4) is 0 Å². The van der Waals surface area contributed by atoms with Gasteiger partial charge in [-0.15, -0.1) is 0 Å². The average molecular weight is 316 g/mol. The number of anilines is 1. The van der Waals surface area contributed by atoms with Gasteiger partial charge in [0.1, 0.15) is 0 Å². The summed E-state index contributed by atoms with van der Waals surface area (Å²) in [4.78, 5) is 25.4. The number of carbonyl (C=O) groups excluding carboxylic acids is 2. The van der Waals surface area contributed by atoms with E-state index in [0.717, 1.165) is 0 Å². The summed E-state index contributed by atoms with van der Waals surface area (Å²) < 4.78 is 0. The van der Waals surface area contributed by atoms with Crippen LogP contribution in [0.3, 0.4) is 0 Å². The Hall–Kier alpha value is -1.46. The van der Waals surface area contributed by atoms with Gasteiger partial charge in [-0.3, -0.25) is 9.59 Å². The first-order valence-electron chi connectivity index (χ1n) is 6.08. The molecule has 1 aliphatic rings. The van der Waals surface area contributed by atoms with Crippen molar-refractivity contribution >= 4 is 40.7 Å². The number of hydrogen-bond acceptors (Lipinski definition) is 3. The zero-order chi connectivity index (χ0) is 15.1. The third kappa shape index (κ3) is 2.55. The van der Waals surface area contributed by atoms with Crippen LogP contribution in [0, 0.1) is 5.41 Å². The number of hydrogen-bond donors (Lipinski definition) is 2. The predicted octanol–water partition coefficient (Wildman–Crippen LogP) is 1.91. The predicted molar refractivity (Wildman–Crippen MR) is 78.7 cm³/mol. The molecule has 2 rings (SSSR count). The monoisotopic (exact) mass is 315 g/mol. The average Bonchev–Trinajstić information content (AvgIpc) is 2.77. The minimum absolute atomic E-state index is 0.165. The van der Waals surface area contributed by atoms with Gasteiger partial charge in [0.05, 0.1) is 21.0 Å². The summed E-state index contributed by atoms with van der Waals surface area (Å²) in [5.41, 5.74) is 10.9. The topological polar surface area (TPSA) is 89.4 Å². The van der Waals surface area contributed by atoms with Crippen molar-refractivity contribution in [1.29, 1.82) is 0 Å². The Morgan fingerprint density at radius 1 is 1.35 bits per heavy atom. The lowest BCUT2D eigenvalue weighted by atomic mass is 9.89. The molecular formula is C13H15Cl2N3O2. The van der Waals surface area contributed by atoms with Crippen LogP contribution in [0.2, 0.25) is 10.0 Å². The molecule has 0 aliphatic carbocycles. The molecule has 4 N–H and O–H groups in total. The zero-order valence-corrected chi connectivity index (χ0v) is 12.5. The molecule has 1 aromatic rings. The van der Waals surface area contributed by atoms with Gasteiger partial charge in [-0.25, -0.2) is 0 Å². The van der Waals surface area contributed by atoms with Crippen LogP contribution in [0.15, 0.2) is 12.1 Å². The molecule has 2 amide bonds. The van der Waals surface area contributed by atoms with E-state index in [0.29, 0.717) is 18.7 Å². The summed E-state index contributed by atoms with van der Waals surface area (Å²) in [5.74, 6) is -0.710. The Kier molecular flexibility index (Phi) is 3.84. The molecule has 7 heteroatoms. The molecule has 20 heavy (non-hydrogen) atoms. The number of halogens is 2. The van der Waals surface area contributed by atoms with Crippen LogP contribution in [-0.4, -0.2) is 29.8 Å². The highest BCUT2D eigenvalue weighted by Crippen LogP contribution is 2.34. The number of primary amides is 1. The minimum atomic E-state index is -0.702. The lowest BCUT2D eigenvalue weighted by molar-refractivity contribution is -0.126. The van der Waals surface area contributed by atoms with E-state index in [9.17, 15) is 9.59 Å². The molecule has 5 nitrogen and oxygen atoms in total. The van der Waals surface area contributed by atoms with E-state index in [-0.39, 0.29) is 28.1 Å². The first-order valence-corrected chi connectivity index (χ1v) is 6.84. The molecule has 108 valence electrons. The number of rotatable bonds is 2. The normalized spacial score (nSPS) is 22.1. The van der Waals surface area contributed by atoms with E-state index in [1.54, 1.807) is 11.8 Å². The first kappa shape index (κ1) is 14.9. The number of nitrogens with two attached hydrogens (primary N) is 2. The third-order valence-corrected chi connectivity index (χ3v) is 4.44. The molecule has 1 fully saturated rings. The van der Waals surface area contributed by atoms with Gasteiger partial charge < -0.3 is 16.4 Å². The smallest absolute Gasteiger partial charge is 0.255 e. The summed E-state index contributed by atoms with van der Waals surface area (Å²) in [6.45, 7) is 2.46. The maximum Gasteiger partial charge on any atom is 0.255 e. The highest BCUT2D eigenvalue weighted by atomic mass is 35.5. The summed E-state index contributed by atoms with van der Waals surface area (Å²) in [7, 11) is 0. The number of likely N-dealkylation sites (tertiary alicyclic amines) is 1. The second-order valence-corrected chi connectivity index (χ2v) is 6.05. The van der Waals surface area contributed by atoms with Crippen molar-refractivity contribution in [2.75, 3.05) is 18.8 Å². The summed E-state index contributed by atoms with van der Waals surface area (Å²) >= 11 is 12.0. The zero-order valence-electron chi connectivity index (χ0n) is 11.0. The molecule has 1 saturated heterocycles. The lowest BCUT2D eigenvalue weighted by Gasteiger charge is -2.21. The van der Waals surface area contributed by atoms with Gasteiger partial charge in [0.25, 0.3) is 5.91 Å². The summed E-state index contributed by atoms with van der Waals surface area (Å²) in [5, 5.41) is 0.394. The van der Waals surface area contributed by atoms with Crippen molar-refractivity contribution in [3.05, 3.63) is 27.7 Å². The number of amides is 2. The molecule has 1 heterocycles. The highest BCUT2D eigenvalue weighted by molar-refractivity contribution is 6.44. The van der Waals surface area contributed by atoms with Gasteiger partial charge in [0.15, 0.2) is 0 Å². The van der Waals surface area contributed by atoms with Crippen molar-refractivity contribution in [3.63, 3.8) is 0 Å². The van der Waals surface area contributed by atoms with Crippen LogP contribution in [0.1, 0.15) is 23.7 Å². The second-order valence-electron chi connectivity index (χ2n) is 5.27. The fourth-order valence-electron chi connectivity index (χ4n) is 2.27. The van der Waals surface area contributed by atoms with Gasteiger partial charge in [-0.2, -0.15) is 0 Å². The standard InChI is InChI=1S/C13H15Cl2N3O2/c1-13(12(17)20)2-3-18(6-13)11(19)8-4-7(16)5-9(14)10(8)15/h4-5H,2-3,6,16H2,1H3,(H2,17,20). The van der Waals surface area contributed by atoms with Crippen LogP contribution in [0.4, 0.5) is 5.69 Å². The molecule has 0 bridgehead atoms. The summed E-state index contributed by atoms with van der Waals surface area (Å²) in [6.07, 6.45) is 0.530. The van der Waals surface area contributed by atoms with Gasteiger partial charge in [0, 0.05) is 18.8 Å². The molecule has 1 aromatic carbocycles. The lowest BCUT2D eigenvalue weighted by Crippen LogP contribution is -2.38. The number of carbonyl (C=O) groups is 2.